The van der Waals surface area contributed by atoms with Crippen LogP contribution < -0.4 is 21.9 Å². The molecule has 2 fully saturated rings. The van der Waals surface area contributed by atoms with Gasteiger partial charge in [0, 0.05) is 30.3 Å². The molecule has 3 N–H and O–H groups in total. The minimum Gasteiger partial charge on any atom is -0.367 e. The standard InChI is InChI=1S/C16H19FN4O2/c1-8-13(20-5-4-10(18)6-20)11(17)7-21-14(8)12(9-2-3-9)15(22)19-16(21)23/h7,9-10H,2-6,18H2,1H3,(H,19,22,23). The van der Waals surface area contributed by atoms with Crippen molar-refractivity contribution in [2.75, 3.05) is 18.0 Å². The summed E-state index contributed by atoms with van der Waals surface area (Å²) in [5.41, 5.74) is 7.25. The molecule has 122 valence electrons. The molecule has 6 nitrogen and oxygen atoms in total. The van der Waals surface area contributed by atoms with Gasteiger partial charge in [0.1, 0.15) is 0 Å². The van der Waals surface area contributed by atoms with Crippen molar-refractivity contribution in [2.24, 2.45) is 5.73 Å². The first-order valence-corrected chi connectivity index (χ1v) is 7.95. The fourth-order valence-corrected chi connectivity index (χ4v) is 3.66. The number of nitrogens with two attached hydrogens (primary N) is 1. The van der Waals surface area contributed by atoms with Gasteiger partial charge < -0.3 is 10.6 Å². The van der Waals surface area contributed by atoms with Crippen LogP contribution in [0.15, 0.2) is 15.8 Å². The van der Waals surface area contributed by atoms with Gasteiger partial charge in [0.05, 0.1) is 17.4 Å². The van der Waals surface area contributed by atoms with Gasteiger partial charge in [-0.05, 0) is 32.1 Å². The molecule has 4 rings (SSSR count). The van der Waals surface area contributed by atoms with E-state index in [2.05, 4.69) is 4.98 Å². The van der Waals surface area contributed by atoms with Crippen LogP contribution in [0.25, 0.3) is 5.52 Å². The number of aromatic amines is 1. The van der Waals surface area contributed by atoms with Crippen molar-refractivity contribution < 1.29 is 4.39 Å². The monoisotopic (exact) mass is 318 g/mol. The van der Waals surface area contributed by atoms with E-state index in [1.807, 2.05) is 4.90 Å². The molecule has 0 amide bonds. The summed E-state index contributed by atoms with van der Waals surface area (Å²) in [6.45, 7) is 3.05. The predicted molar refractivity (Wildman–Crippen MR) is 85.8 cm³/mol. The normalized spacial score (nSPS) is 21.3. The minimum absolute atomic E-state index is 0.0225. The van der Waals surface area contributed by atoms with Gasteiger partial charge in [-0.2, -0.15) is 0 Å². The number of halogens is 1. The predicted octanol–water partition coefficient (Wildman–Crippen LogP) is 0.850. The second kappa shape index (κ2) is 4.92. The maximum Gasteiger partial charge on any atom is 0.333 e. The molecule has 23 heavy (non-hydrogen) atoms. The summed E-state index contributed by atoms with van der Waals surface area (Å²) >= 11 is 0. The summed E-state index contributed by atoms with van der Waals surface area (Å²) in [5, 5.41) is 0. The molecule has 0 aromatic carbocycles. The lowest BCUT2D eigenvalue weighted by Gasteiger charge is -2.23. The van der Waals surface area contributed by atoms with E-state index in [4.69, 9.17) is 5.73 Å². The third-order valence-corrected chi connectivity index (χ3v) is 4.89. The molecule has 0 bridgehead atoms. The van der Waals surface area contributed by atoms with E-state index in [1.165, 1.54) is 10.6 Å². The van der Waals surface area contributed by atoms with E-state index in [0.29, 0.717) is 35.4 Å². The maximum absolute atomic E-state index is 14.7. The fourth-order valence-electron chi connectivity index (χ4n) is 3.66. The van der Waals surface area contributed by atoms with Crippen LogP contribution in [0.5, 0.6) is 0 Å². The molecule has 1 saturated heterocycles. The molecule has 1 unspecified atom stereocenters. The average Bonchev–Trinajstić information content (AvgIpc) is 3.23. The van der Waals surface area contributed by atoms with Crippen LogP contribution in [-0.4, -0.2) is 28.5 Å². The van der Waals surface area contributed by atoms with Crippen LogP contribution in [0.4, 0.5) is 10.1 Å². The highest BCUT2D eigenvalue weighted by Crippen LogP contribution is 2.41. The Labute approximate surface area is 131 Å². The Balaban J connectivity index is 2.04. The van der Waals surface area contributed by atoms with E-state index >= 15 is 0 Å². The van der Waals surface area contributed by atoms with Gasteiger partial charge in [-0.15, -0.1) is 0 Å². The Morgan fingerprint density at radius 3 is 2.65 bits per heavy atom. The molecule has 7 heteroatoms. The van der Waals surface area contributed by atoms with Gasteiger partial charge in [-0.25, -0.2) is 9.18 Å². The molecular weight excluding hydrogens is 299 g/mol. The molecule has 1 atom stereocenters. The molecule has 0 radical (unpaired) electrons. The van der Waals surface area contributed by atoms with Crippen molar-refractivity contribution >= 4 is 11.2 Å². The Bertz CT molecular complexity index is 913. The topological polar surface area (TPSA) is 83.6 Å². The number of H-pyrrole nitrogens is 1. The molecule has 1 aliphatic carbocycles. The molecular formula is C16H19FN4O2. The van der Waals surface area contributed by atoms with Gasteiger partial charge in [0.2, 0.25) is 0 Å². The number of aromatic nitrogens is 2. The zero-order valence-electron chi connectivity index (χ0n) is 12.9. The zero-order valence-corrected chi connectivity index (χ0v) is 12.9. The first-order valence-electron chi connectivity index (χ1n) is 7.95. The highest BCUT2D eigenvalue weighted by atomic mass is 19.1. The lowest BCUT2D eigenvalue weighted by Crippen LogP contribution is -2.32. The number of hydrogen-bond donors (Lipinski definition) is 2. The summed E-state index contributed by atoms with van der Waals surface area (Å²) < 4.78 is 15.9. The summed E-state index contributed by atoms with van der Waals surface area (Å²) in [4.78, 5) is 28.6. The number of rotatable bonds is 2. The van der Waals surface area contributed by atoms with E-state index in [1.54, 1.807) is 6.92 Å². The Hall–Kier alpha value is -2.15. The van der Waals surface area contributed by atoms with Crippen LogP contribution in [0.3, 0.4) is 0 Å². The minimum atomic E-state index is -0.596. The van der Waals surface area contributed by atoms with Gasteiger partial charge in [0.15, 0.2) is 5.82 Å². The van der Waals surface area contributed by atoms with Crippen molar-refractivity contribution in [3.8, 4) is 0 Å². The van der Waals surface area contributed by atoms with Crippen LogP contribution in [0.2, 0.25) is 0 Å². The summed E-state index contributed by atoms with van der Waals surface area (Å²) in [5.74, 6) is -0.299. The van der Waals surface area contributed by atoms with Crippen molar-refractivity contribution in [2.45, 2.75) is 38.1 Å². The number of nitrogens with zero attached hydrogens (tertiary/aromatic N) is 2. The number of fused-ring (bicyclic) bond motifs is 1. The third-order valence-electron chi connectivity index (χ3n) is 4.89. The molecule has 3 heterocycles. The zero-order chi connectivity index (χ0) is 16.3. The van der Waals surface area contributed by atoms with Gasteiger partial charge in [0.25, 0.3) is 5.56 Å². The Morgan fingerprint density at radius 2 is 2.04 bits per heavy atom. The van der Waals surface area contributed by atoms with Crippen molar-refractivity contribution in [3.05, 3.63) is 44.0 Å². The van der Waals surface area contributed by atoms with Crippen LogP contribution in [0, 0.1) is 12.7 Å². The Kier molecular flexibility index (Phi) is 3.09. The number of pyridine rings is 1. The summed E-state index contributed by atoms with van der Waals surface area (Å²) in [6.07, 6.45) is 3.85. The average molecular weight is 318 g/mol. The van der Waals surface area contributed by atoms with E-state index < -0.39 is 11.5 Å². The second-order valence-corrected chi connectivity index (χ2v) is 6.61. The maximum atomic E-state index is 14.7. The molecule has 2 aromatic rings. The molecule has 2 aromatic heterocycles. The highest BCUT2D eigenvalue weighted by Gasteiger charge is 2.32. The second-order valence-electron chi connectivity index (χ2n) is 6.61. The summed E-state index contributed by atoms with van der Waals surface area (Å²) in [7, 11) is 0. The fraction of sp³-hybridized carbons (Fsp3) is 0.500. The van der Waals surface area contributed by atoms with E-state index in [-0.39, 0.29) is 17.5 Å². The number of anilines is 1. The van der Waals surface area contributed by atoms with E-state index in [0.717, 1.165) is 19.3 Å². The lowest BCUT2D eigenvalue weighted by atomic mass is 10.1. The smallest absolute Gasteiger partial charge is 0.333 e. The van der Waals surface area contributed by atoms with Crippen LogP contribution in [-0.2, 0) is 0 Å². The number of aryl methyl sites for hydroxylation is 1. The quantitative estimate of drug-likeness (QED) is 0.860. The van der Waals surface area contributed by atoms with Crippen LogP contribution >= 0.6 is 0 Å². The Morgan fingerprint density at radius 1 is 1.30 bits per heavy atom. The first kappa shape index (κ1) is 14.4. The van der Waals surface area contributed by atoms with Gasteiger partial charge >= 0.3 is 5.69 Å². The van der Waals surface area contributed by atoms with Crippen molar-refractivity contribution in [3.63, 3.8) is 0 Å². The molecule has 2 aliphatic rings. The van der Waals surface area contributed by atoms with Crippen molar-refractivity contribution in [1.82, 2.24) is 9.38 Å². The SMILES string of the molecule is Cc1c(N2CCC(N)C2)c(F)cn2c(=O)[nH]c(=O)c(C3CC3)c12. The van der Waals surface area contributed by atoms with Gasteiger partial charge in [-0.1, -0.05) is 0 Å². The lowest BCUT2D eigenvalue weighted by molar-refractivity contribution is 0.609. The molecule has 1 saturated carbocycles. The van der Waals surface area contributed by atoms with E-state index in [9.17, 15) is 14.0 Å². The summed E-state index contributed by atoms with van der Waals surface area (Å²) in [6, 6.07) is 0.0225. The molecule has 1 aliphatic heterocycles. The van der Waals surface area contributed by atoms with Crippen LogP contribution in [0.1, 0.15) is 36.3 Å². The largest absolute Gasteiger partial charge is 0.367 e. The number of nitrogens with one attached hydrogen (secondary N) is 1. The number of hydrogen-bond acceptors (Lipinski definition) is 4. The third kappa shape index (κ3) is 2.18. The van der Waals surface area contributed by atoms with Gasteiger partial charge in [-0.3, -0.25) is 14.2 Å². The molecule has 0 spiro atoms. The first-order chi connectivity index (χ1) is 11.0. The van der Waals surface area contributed by atoms with Crippen molar-refractivity contribution in [1.29, 1.82) is 0 Å². The highest BCUT2D eigenvalue weighted by molar-refractivity contribution is 5.72.